The molecule has 0 fully saturated rings. The molecule has 2 aliphatic heterocycles. The number of pyridine rings is 6. The van der Waals surface area contributed by atoms with Gasteiger partial charge >= 0.3 is 11.9 Å². The van der Waals surface area contributed by atoms with Crippen LogP contribution in [0.1, 0.15) is 111 Å². The zero-order valence-electron chi connectivity index (χ0n) is 60.7. The molecule has 113 heavy (non-hydrogen) atoms. The molecule has 12 aromatic rings. The van der Waals surface area contributed by atoms with Crippen LogP contribution in [0.5, 0.6) is 0 Å². The van der Waals surface area contributed by atoms with Crippen LogP contribution in [0.4, 0.5) is 14.5 Å². The number of alkyl halides is 2. The maximum atomic E-state index is 14.9. The van der Waals surface area contributed by atoms with Crippen LogP contribution in [0.3, 0.4) is 0 Å². The molecule has 0 bridgehead atoms. The minimum absolute atomic E-state index is 0.0271. The first-order valence-corrected chi connectivity index (χ1v) is 42.2. The van der Waals surface area contributed by atoms with Crippen molar-refractivity contribution in [2.24, 2.45) is 21.5 Å². The van der Waals surface area contributed by atoms with Gasteiger partial charge in [-0.05, 0) is 193 Å². The number of carbonyl (C=O) groups is 2. The molecule has 0 saturated carbocycles. The number of esters is 2. The summed E-state index contributed by atoms with van der Waals surface area (Å²) < 4.78 is 91.8. The fraction of sp³-hybridized carbons (Fsp3) is 0.247. The number of amidine groups is 2. The first-order chi connectivity index (χ1) is 53.1. The number of aromatic amines is 1. The molecule has 10 aromatic heterocycles. The SMILES string of the molecule is CC1(C)C(N)=N[C@](C)(c2cc(Cc3nncc4cc(Br)cnc34)ccc2F)CS1(=O)=O.COC(=O)c1ncc(Br)cc1C.COC(=O)c1ncc(Br)cc1C(Br)Br.Clc1nncc2cc(Br)cnc12.O=c1[nH]ncc2cc(Br)cnc12.[C-]#[N+]c1cnc2c(Cc3ccc(F)c([C@]4(C)CS(=O)(=O)C(C)(C)C(N)=N4)c3)nncc2c1. The zero-order chi connectivity index (χ0) is 82.9. The molecular weight excluding hydrogens is 1980 g/mol. The number of aliphatic imine (C=N–C) groups is 2. The smallest absolute Gasteiger partial charge is 0.357 e. The Labute approximate surface area is 709 Å². The van der Waals surface area contributed by atoms with Crippen LogP contribution in [0.2, 0.25) is 5.15 Å². The Balaban J connectivity index is 0.000000165. The van der Waals surface area contributed by atoms with Crippen LogP contribution < -0.4 is 17.0 Å². The highest BCUT2D eigenvalue weighted by Gasteiger charge is 2.51. The summed E-state index contributed by atoms with van der Waals surface area (Å²) in [6.45, 7) is 18.1. The van der Waals surface area contributed by atoms with Crippen LogP contribution in [-0.4, -0.2) is 146 Å². The Morgan fingerprint density at radius 3 is 1.42 bits per heavy atom. The number of nitrogens with two attached hydrogens (primary N) is 2. The summed E-state index contributed by atoms with van der Waals surface area (Å²) in [5.41, 5.74) is 17.0. The van der Waals surface area contributed by atoms with E-state index in [1.807, 2.05) is 25.1 Å². The van der Waals surface area contributed by atoms with Gasteiger partial charge in [0.15, 0.2) is 36.2 Å². The number of halogens is 10. The molecule has 14 rings (SSSR count). The Morgan fingerprint density at radius 1 is 0.558 bits per heavy atom. The third-order valence-electron chi connectivity index (χ3n) is 17.5. The number of nitrogens with one attached hydrogen (secondary N) is 1. The second kappa shape index (κ2) is 36.8. The lowest BCUT2D eigenvalue weighted by molar-refractivity contribution is 0.0584. The van der Waals surface area contributed by atoms with Crippen molar-refractivity contribution in [2.75, 3.05) is 25.7 Å². The van der Waals surface area contributed by atoms with Crippen molar-refractivity contribution in [1.29, 1.82) is 0 Å². The normalized spacial score (nSPS) is 16.8. The molecule has 0 amide bonds. The van der Waals surface area contributed by atoms with E-state index in [2.05, 4.69) is 207 Å². The van der Waals surface area contributed by atoms with E-state index < -0.39 is 63.8 Å². The van der Waals surface area contributed by atoms with E-state index >= 15 is 0 Å². The fourth-order valence-corrected chi connectivity index (χ4v) is 17.2. The van der Waals surface area contributed by atoms with Crippen LogP contribution in [0.25, 0.3) is 48.5 Å². The van der Waals surface area contributed by atoms with Gasteiger partial charge in [-0.15, -0.1) is 5.10 Å². The summed E-state index contributed by atoms with van der Waals surface area (Å²) in [6, 6.07) is 19.9. The van der Waals surface area contributed by atoms with Crippen molar-refractivity contribution in [3.05, 3.63) is 252 Å². The van der Waals surface area contributed by atoms with Gasteiger partial charge in [0.1, 0.15) is 54.9 Å². The third kappa shape index (κ3) is 20.9. The van der Waals surface area contributed by atoms with Gasteiger partial charge in [-0.2, -0.15) is 30.6 Å². The summed E-state index contributed by atoms with van der Waals surface area (Å²) in [5.74, 6) is -2.72. The van der Waals surface area contributed by atoms with E-state index in [-0.39, 0.29) is 50.0 Å². The van der Waals surface area contributed by atoms with Gasteiger partial charge in [0.25, 0.3) is 5.56 Å². The quantitative estimate of drug-likeness (QED) is 0.0686. The Hall–Kier alpha value is -8.72. The van der Waals surface area contributed by atoms with Crippen LogP contribution in [0, 0.1) is 25.1 Å². The minimum Gasteiger partial charge on any atom is -0.464 e. The molecule has 0 unspecified atom stereocenters. The molecule has 5 N–H and O–H groups in total. The highest BCUT2D eigenvalue weighted by molar-refractivity contribution is 9.24. The lowest BCUT2D eigenvalue weighted by atomic mass is 9.91. The molecule has 0 spiro atoms. The number of aromatic nitrogens is 14. The first kappa shape index (κ1) is 88.2. The maximum absolute atomic E-state index is 14.9. The summed E-state index contributed by atoms with van der Waals surface area (Å²) in [5, 5.41) is 33.2. The molecule has 0 saturated heterocycles. The summed E-state index contributed by atoms with van der Waals surface area (Å²) >= 11 is 28.9. The molecule has 12 heterocycles. The fourth-order valence-electron chi connectivity index (χ4n) is 11.1. The van der Waals surface area contributed by atoms with E-state index in [1.165, 1.54) is 66.4 Å². The third-order valence-corrected chi connectivity index (χ3v) is 26.3. The Morgan fingerprint density at radius 2 is 0.956 bits per heavy atom. The summed E-state index contributed by atoms with van der Waals surface area (Å²) in [4.78, 5) is 70.4. The molecule has 2 atom stereocenters. The van der Waals surface area contributed by atoms with E-state index in [4.69, 9.17) is 29.6 Å². The second-order valence-electron chi connectivity index (χ2n) is 26.2. The molecule has 0 aliphatic carbocycles. The van der Waals surface area contributed by atoms with Gasteiger partial charge in [-0.1, -0.05) is 67.7 Å². The lowest BCUT2D eigenvalue weighted by Crippen LogP contribution is -2.55. The van der Waals surface area contributed by atoms with Crippen molar-refractivity contribution < 1.29 is 44.7 Å². The van der Waals surface area contributed by atoms with Gasteiger partial charge in [-0.3, -0.25) is 29.7 Å². The van der Waals surface area contributed by atoms with Crippen LogP contribution >= 0.6 is 123 Å². The largest absolute Gasteiger partial charge is 0.464 e. The highest BCUT2D eigenvalue weighted by Crippen LogP contribution is 2.41. The number of nitrogens with zero attached hydrogens (tertiary/aromatic N) is 16. The topological polar surface area (TPSA) is 402 Å². The van der Waals surface area contributed by atoms with Crippen molar-refractivity contribution in [2.45, 2.75) is 85.6 Å². The molecular formula is C73H63Br7ClF2N19O9S2. The highest BCUT2D eigenvalue weighted by atomic mass is 79.9. The van der Waals surface area contributed by atoms with Gasteiger partial charge in [0.2, 0.25) is 5.69 Å². The van der Waals surface area contributed by atoms with Gasteiger partial charge < -0.3 is 20.9 Å². The number of hydrogen-bond donors (Lipinski definition) is 3. The van der Waals surface area contributed by atoms with E-state index in [0.717, 1.165) is 55.2 Å². The van der Waals surface area contributed by atoms with Gasteiger partial charge in [-0.25, -0.2) is 60.1 Å². The number of aryl methyl sites for hydroxylation is 1. The number of ether oxygens (including phenoxy) is 2. The molecule has 40 heteroatoms. The number of sulfone groups is 2. The maximum Gasteiger partial charge on any atom is 0.357 e. The number of fused-ring (bicyclic) bond motifs is 4. The number of benzene rings is 2. The monoisotopic (exact) mass is 2040 g/mol. The molecule has 28 nitrogen and oxygen atoms in total. The van der Waals surface area contributed by atoms with Crippen LogP contribution in [-0.2, 0) is 53.1 Å². The number of H-pyrrole nitrogens is 1. The van der Waals surface area contributed by atoms with Crippen molar-refractivity contribution >= 4 is 216 Å². The Bertz CT molecular complexity index is 6120. The Kier molecular flexibility index (Phi) is 28.8. The lowest BCUT2D eigenvalue weighted by Gasteiger charge is -2.38. The van der Waals surface area contributed by atoms with Gasteiger partial charge in [0, 0.05) is 111 Å². The molecule has 0 radical (unpaired) electrons. The van der Waals surface area contributed by atoms with E-state index in [9.17, 15) is 40.0 Å². The number of hydrogen-bond acceptors (Lipinski definition) is 26. The predicted octanol–water partition coefficient (Wildman–Crippen LogP) is 15.3. The van der Waals surface area contributed by atoms with E-state index in [0.29, 0.717) is 73.1 Å². The van der Waals surface area contributed by atoms with Crippen molar-refractivity contribution in [3.63, 3.8) is 0 Å². The van der Waals surface area contributed by atoms with Gasteiger partial charge in [0.05, 0.1) is 83.2 Å². The van der Waals surface area contributed by atoms with Crippen molar-refractivity contribution in [3.8, 4) is 0 Å². The molecule has 2 aliphatic rings. The van der Waals surface area contributed by atoms with Crippen LogP contribution in [0.15, 0.2) is 172 Å². The molecule has 2 aromatic carbocycles. The summed E-state index contributed by atoms with van der Waals surface area (Å²) in [6.07, 6.45) is 16.5. The number of carbonyl (C=O) groups excluding carboxylic acids is 2. The average Bonchev–Trinajstić information content (AvgIpc) is 0.739. The zero-order valence-corrected chi connectivity index (χ0v) is 74.2. The number of rotatable bonds is 9. The van der Waals surface area contributed by atoms with Crippen molar-refractivity contribution in [1.82, 2.24) is 70.7 Å². The predicted molar refractivity (Wildman–Crippen MR) is 451 cm³/mol. The second-order valence-corrected chi connectivity index (χ2v) is 39.3. The number of methoxy groups -OCH3 is 2. The average molecular weight is 2050 g/mol. The standard InChI is InChI=1S/C22H21FN6O2S.C21H21BrFN5O2S.C8H6Br3NO2.C8H8BrNO2.C7H3BrClN3.C7H4BrN3O/c1-21(2)20(24)28-22(3,12-32(21,30)31)16-7-13(5-6-17(16)23)8-18-19-14(10-27-29-18)9-15(25-4)11-26-19;1-20(2)19(24)27-21(3,11-31(20,29)30)15-6-12(4-5-16(15)23)7-17-18-13(9-26-28-17)8-14(22)10-25-18;1-14-8(13)6-5(7(10)11)2-4(9)3-12-6;1-5-3-6(9)4-10-7(5)8(11)12-2;8-5-1-4-2-11-12-7(9)6(4)10-3-5;8-5-1-4-2-10-11-7(12)6(4)9-3-5/h5-7,9-11H,8,12H2,1-3H3,(H2,24,28);4-6,8-10H,7,11H2,1-3H3,(H2,24,27);2-3,7H,1H3;3-4H,1-2H3;1-3H;1-3H,(H,11,12)/t22-;21-;;;;/m00..../s1. The molecule has 586 valence electrons. The van der Waals surface area contributed by atoms with E-state index in [1.54, 1.807) is 106 Å². The minimum atomic E-state index is -3.67. The summed E-state index contributed by atoms with van der Waals surface area (Å²) in [7, 11) is -4.65. The first-order valence-electron chi connectivity index (χ1n) is 32.8.